The average Bonchev–Trinajstić information content (AvgIpc) is 2.94. The highest BCUT2D eigenvalue weighted by molar-refractivity contribution is 6.33. The zero-order valence-electron chi connectivity index (χ0n) is 14.9. The number of anilines is 1. The number of nitrogens with one attached hydrogen (secondary N) is 1. The summed E-state index contributed by atoms with van der Waals surface area (Å²) in [5.74, 6) is 1.72. The summed E-state index contributed by atoms with van der Waals surface area (Å²) in [5.41, 5.74) is 2.06. The lowest BCUT2D eigenvalue weighted by Crippen LogP contribution is -2.52. The van der Waals surface area contributed by atoms with Crippen LogP contribution in [0.4, 0.5) is 10.5 Å². The number of benzene rings is 1. The summed E-state index contributed by atoms with van der Waals surface area (Å²) in [6, 6.07) is 9.69. The second kappa shape index (κ2) is 7.40. The second-order valence-electron chi connectivity index (χ2n) is 6.47. The van der Waals surface area contributed by atoms with E-state index in [2.05, 4.69) is 10.2 Å². The number of halogens is 1. The molecule has 6 heteroatoms. The molecule has 2 aromatic rings. The smallest absolute Gasteiger partial charge is 0.317 e. The van der Waals surface area contributed by atoms with E-state index in [0.29, 0.717) is 13.1 Å². The molecule has 1 aliphatic heterocycles. The minimum Gasteiger partial charge on any atom is -0.466 e. The summed E-state index contributed by atoms with van der Waals surface area (Å²) < 4.78 is 5.55. The first-order valence-electron chi connectivity index (χ1n) is 8.57. The van der Waals surface area contributed by atoms with Crippen molar-refractivity contribution in [1.29, 1.82) is 0 Å². The van der Waals surface area contributed by atoms with Gasteiger partial charge in [-0.25, -0.2) is 4.79 Å². The summed E-state index contributed by atoms with van der Waals surface area (Å²) >= 11 is 6.27. The van der Waals surface area contributed by atoms with Crippen LogP contribution in [0.25, 0.3) is 0 Å². The van der Waals surface area contributed by atoms with Gasteiger partial charge in [-0.3, -0.25) is 0 Å². The maximum atomic E-state index is 12.5. The predicted octanol–water partition coefficient (Wildman–Crippen LogP) is 4.14. The molecule has 3 rings (SSSR count). The van der Waals surface area contributed by atoms with Crippen molar-refractivity contribution in [3.8, 4) is 0 Å². The number of aryl methyl sites for hydroxylation is 2. The molecule has 1 fully saturated rings. The van der Waals surface area contributed by atoms with Crippen molar-refractivity contribution in [2.45, 2.75) is 26.8 Å². The highest BCUT2D eigenvalue weighted by atomic mass is 35.5. The maximum absolute atomic E-state index is 12.5. The van der Waals surface area contributed by atoms with E-state index in [0.717, 1.165) is 40.9 Å². The largest absolute Gasteiger partial charge is 0.466 e. The quantitative estimate of drug-likeness (QED) is 0.893. The number of urea groups is 1. The fraction of sp³-hybridized carbons (Fsp3) is 0.421. The first-order valence-corrected chi connectivity index (χ1v) is 8.95. The van der Waals surface area contributed by atoms with E-state index in [-0.39, 0.29) is 12.1 Å². The van der Waals surface area contributed by atoms with Crippen LogP contribution in [0.1, 0.15) is 30.0 Å². The number of hydrogen-bond donors (Lipinski definition) is 1. The molecule has 25 heavy (non-hydrogen) atoms. The Balaban J connectivity index is 1.57. The third-order valence-corrected chi connectivity index (χ3v) is 4.97. The van der Waals surface area contributed by atoms with Gasteiger partial charge < -0.3 is 19.5 Å². The van der Waals surface area contributed by atoms with Crippen LogP contribution in [-0.4, -0.2) is 37.1 Å². The Hall–Kier alpha value is -2.14. The summed E-state index contributed by atoms with van der Waals surface area (Å²) in [5, 5.41) is 3.82. The van der Waals surface area contributed by atoms with Crippen LogP contribution in [0.15, 0.2) is 34.7 Å². The fourth-order valence-corrected chi connectivity index (χ4v) is 3.55. The minimum atomic E-state index is -0.0773. The Morgan fingerprint density at radius 2 is 1.88 bits per heavy atom. The minimum absolute atomic E-state index is 0.0374. The van der Waals surface area contributed by atoms with Gasteiger partial charge in [0.15, 0.2) is 0 Å². The van der Waals surface area contributed by atoms with Gasteiger partial charge in [-0.15, -0.1) is 0 Å². The summed E-state index contributed by atoms with van der Waals surface area (Å²) in [7, 11) is 0. The van der Waals surface area contributed by atoms with Gasteiger partial charge in [0, 0.05) is 31.7 Å². The number of hydrogen-bond acceptors (Lipinski definition) is 3. The van der Waals surface area contributed by atoms with Crippen LogP contribution in [-0.2, 0) is 0 Å². The predicted molar refractivity (Wildman–Crippen MR) is 100 cm³/mol. The number of furan rings is 1. The van der Waals surface area contributed by atoms with Gasteiger partial charge in [-0.1, -0.05) is 23.7 Å². The Morgan fingerprint density at radius 3 is 2.48 bits per heavy atom. The lowest BCUT2D eigenvalue weighted by atomic mass is 10.1. The molecule has 1 N–H and O–H groups in total. The molecule has 1 atom stereocenters. The van der Waals surface area contributed by atoms with E-state index in [9.17, 15) is 4.79 Å². The van der Waals surface area contributed by atoms with E-state index in [1.54, 1.807) is 0 Å². The lowest BCUT2D eigenvalue weighted by molar-refractivity contribution is 0.191. The molecular weight excluding hydrogens is 338 g/mol. The molecule has 2 heterocycles. The molecule has 0 aliphatic carbocycles. The molecule has 0 bridgehead atoms. The highest BCUT2D eigenvalue weighted by Crippen LogP contribution is 2.26. The number of piperazine rings is 1. The second-order valence-corrected chi connectivity index (χ2v) is 6.87. The van der Waals surface area contributed by atoms with E-state index in [1.165, 1.54) is 0 Å². The van der Waals surface area contributed by atoms with Crippen LogP contribution in [0, 0.1) is 13.8 Å². The number of rotatable bonds is 3. The fourth-order valence-electron chi connectivity index (χ4n) is 3.29. The zero-order chi connectivity index (χ0) is 18.0. The molecular formula is C19H24ClN3O2. The number of para-hydroxylation sites is 1. The topological polar surface area (TPSA) is 48.7 Å². The van der Waals surface area contributed by atoms with Crippen molar-refractivity contribution in [2.24, 2.45) is 0 Å². The Kier molecular flexibility index (Phi) is 5.23. The number of nitrogens with zero attached hydrogens (tertiary/aromatic N) is 2. The SMILES string of the molecule is Cc1cc(C(C)NC(=O)N2CCN(c3ccccc3Cl)CC2)c(C)o1. The van der Waals surface area contributed by atoms with Crippen LogP contribution in [0.5, 0.6) is 0 Å². The van der Waals surface area contributed by atoms with Crippen molar-refractivity contribution in [3.63, 3.8) is 0 Å². The van der Waals surface area contributed by atoms with Crippen molar-refractivity contribution in [2.75, 3.05) is 31.1 Å². The van der Waals surface area contributed by atoms with Gasteiger partial charge in [0.05, 0.1) is 16.8 Å². The van der Waals surface area contributed by atoms with Crippen LogP contribution >= 0.6 is 11.6 Å². The molecule has 1 aromatic heterocycles. The van der Waals surface area contributed by atoms with Gasteiger partial charge in [-0.05, 0) is 39.0 Å². The van der Waals surface area contributed by atoms with Gasteiger partial charge in [0.1, 0.15) is 11.5 Å². The van der Waals surface area contributed by atoms with E-state index in [4.69, 9.17) is 16.0 Å². The van der Waals surface area contributed by atoms with Crippen LogP contribution < -0.4 is 10.2 Å². The monoisotopic (exact) mass is 361 g/mol. The van der Waals surface area contributed by atoms with Crippen LogP contribution in [0.2, 0.25) is 5.02 Å². The van der Waals surface area contributed by atoms with Gasteiger partial charge in [0.2, 0.25) is 0 Å². The molecule has 2 amide bonds. The van der Waals surface area contributed by atoms with Gasteiger partial charge in [0.25, 0.3) is 0 Å². The third-order valence-electron chi connectivity index (χ3n) is 4.65. The molecule has 134 valence electrons. The van der Waals surface area contributed by atoms with Crippen molar-refractivity contribution in [3.05, 3.63) is 52.4 Å². The highest BCUT2D eigenvalue weighted by Gasteiger charge is 2.24. The molecule has 0 radical (unpaired) electrons. The third kappa shape index (κ3) is 3.93. The van der Waals surface area contributed by atoms with E-state index in [1.807, 2.05) is 56.0 Å². The van der Waals surface area contributed by atoms with Crippen LogP contribution in [0.3, 0.4) is 0 Å². The molecule has 0 spiro atoms. The number of carbonyl (C=O) groups is 1. The standard InChI is InChI=1S/C19H24ClN3O2/c1-13-12-16(15(3)25-13)14(2)21-19(24)23-10-8-22(9-11-23)18-7-5-4-6-17(18)20/h4-7,12,14H,8-11H2,1-3H3,(H,21,24). The summed E-state index contributed by atoms with van der Waals surface area (Å²) in [4.78, 5) is 16.6. The first-order chi connectivity index (χ1) is 12.0. The summed E-state index contributed by atoms with van der Waals surface area (Å²) in [6.07, 6.45) is 0. The first kappa shape index (κ1) is 17.7. The van der Waals surface area contributed by atoms with Crippen molar-refractivity contribution < 1.29 is 9.21 Å². The molecule has 1 aliphatic rings. The summed E-state index contributed by atoms with van der Waals surface area (Å²) in [6.45, 7) is 8.71. The Labute approximate surface area is 153 Å². The lowest BCUT2D eigenvalue weighted by Gasteiger charge is -2.36. The van der Waals surface area contributed by atoms with Crippen molar-refractivity contribution in [1.82, 2.24) is 10.2 Å². The molecule has 0 saturated carbocycles. The van der Waals surface area contributed by atoms with Gasteiger partial charge in [-0.2, -0.15) is 0 Å². The van der Waals surface area contributed by atoms with Crippen molar-refractivity contribution >= 4 is 23.3 Å². The van der Waals surface area contributed by atoms with Gasteiger partial charge >= 0.3 is 6.03 Å². The van der Waals surface area contributed by atoms with E-state index >= 15 is 0 Å². The maximum Gasteiger partial charge on any atom is 0.317 e. The Bertz CT molecular complexity index is 751. The molecule has 5 nitrogen and oxygen atoms in total. The average molecular weight is 362 g/mol. The number of carbonyl (C=O) groups excluding carboxylic acids is 1. The normalized spacial score (nSPS) is 16.0. The van der Waals surface area contributed by atoms with E-state index < -0.39 is 0 Å². The molecule has 1 unspecified atom stereocenters. The molecule has 1 saturated heterocycles. The Morgan fingerprint density at radius 1 is 1.20 bits per heavy atom. The molecule has 1 aromatic carbocycles. The zero-order valence-corrected chi connectivity index (χ0v) is 15.6. The number of amides is 2.